The Kier molecular flexibility index (Phi) is 4.09. The van der Waals surface area contributed by atoms with Crippen LogP contribution in [-0.4, -0.2) is 23.1 Å². The first-order valence-electron chi connectivity index (χ1n) is 6.88. The lowest BCUT2D eigenvalue weighted by molar-refractivity contribution is 0.222. The SMILES string of the molecule is CN(c1cccnc1C(N)=S)C1CCC(C)(C)CC1. The van der Waals surface area contributed by atoms with E-state index in [0.717, 1.165) is 11.4 Å². The van der Waals surface area contributed by atoms with Gasteiger partial charge in [-0.25, -0.2) is 0 Å². The van der Waals surface area contributed by atoms with Crippen LogP contribution in [0.15, 0.2) is 18.3 Å². The standard InChI is InChI=1S/C15H23N3S/c1-15(2)8-6-11(7-9-15)18(3)12-5-4-10-17-13(12)14(16)19/h4-5,10-11H,6-9H2,1-3H3,(H2,16,19). The molecule has 1 saturated carbocycles. The Labute approximate surface area is 121 Å². The van der Waals surface area contributed by atoms with E-state index in [2.05, 4.69) is 36.8 Å². The molecule has 4 heteroatoms. The monoisotopic (exact) mass is 277 g/mol. The molecular formula is C15H23N3S. The van der Waals surface area contributed by atoms with Gasteiger partial charge in [-0.1, -0.05) is 26.1 Å². The molecule has 1 aliphatic carbocycles. The van der Waals surface area contributed by atoms with Gasteiger partial charge in [0.15, 0.2) is 0 Å². The summed E-state index contributed by atoms with van der Waals surface area (Å²) in [5, 5.41) is 0. The fourth-order valence-electron chi connectivity index (χ4n) is 2.84. The minimum atomic E-state index is 0.374. The minimum absolute atomic E-state index is 0.374. The van der Waals surface area contributed by atoms with Crippen molar-refractivity contribution in [3.05, 3.63) is 24.0 Å². The van der Waals surface area contributed by atoms with E-state index in [1.807, 2.05) is 6.07 Å². The van der Waals surface area contributed by atoms with Gasteiger partial charge in [0.1, 0.15) is 10.7 Å². The average Bonchev–Trinajstić information content (AvgIpc) is 2.38. The maximum Gasteiger partial charge on any atom is 0.124 e. The predicted octanol–water partition coefficient (Wildman–Crippen LogP) is 3.12. The summed E-state index contributed by atoms with van der Waals surface area (Å²) >= 11 is 5.10. The molecule has 0 amide bonds. The zero-order chi connectivity index (χ0) is 14.0. The van der Waals surface area contributed by atoms with Crippen LogP contribution in [0.4, 0.5) is 5.69 Å². The molecule has 2 N–H and O–H groups in total. The predicted molar refractivity (Wildman–Crippen MR) is 84.6 cm³/mol. The molecule has 1 aromatic rings. The van der Waals surface area contributed by atoms with Crippen LogP contribution in [-0.2, 0) is 0 Å². The number of nitrogens with zero attached hydrogens (tertiary/aromatic N) is 2. The topological polar surface area (TPSA) is 42.2 Å². The lowest BCUT2D eigenvalue weighted by Gasteiger charge is -2.39. The van der Waals surface area contributed by atoms with Crippen LogP contribution < -0.4 is 10.6 Å². The third-order valence-electron chi connectivity index (χ3n) is 4.26. The van der Waals surface area contributed by atoms with E-state index in [4.69, 9.17) is 18.0 Å². The maximum absolute atomic E-state index is 5.77. The van der Waals surface area contributed by atoms with Crippen LogP contribution in [0.3, 0.4) is 0 Å². The molecule has 0 saturated heterocycles. The number of aromatic nitrogens is 1. The van der Waals surface area contributed by atoms with E-state index in [-0.39, 0.29) is 0 Å². The summed E-state index contributed by atoms with van der Waals surface area (Å²) in [6.07, 6.45) is 6.72. The van der Waals surface area contributed by atoms with Gasteiger partial charge < -0.3 is 10.6 Å². The number of hydrogen-bond donors (Lipinski definition) is 1. The molecule has 19 heavy (non-hydrogen) atoms. The Morgan fingerprint density at radius 2 is 2.05 bits per heavy atom. The number of anilines is 1. The second-order valence-electron chi connectivity index (χ2n) is 6.24. The number of hydrogen-bond acceptors (Lipinski definition) is 3. The summed E-state index contributed by atoms with van der Waals surface area (Å²) < 4.78 is 0. The largest absolute Gasteiger partial charge is 0.388 e. The zero-order valence-corrected chi connectivity index (χ0v) is 12.8. The number of pyridine rings is 1. The smallest absolute Gasteiger partial charge is 0.124 e. The highest BCUT2D eigenvalue weighted by atomic mass is 32.1. The summed E-state index contributed by atoms with van der Waals surface area (Å²) in [4.78, 5) is 6.99. The van der Waals surface area contributed by atoms with Gasteiger partial charge >= 0.3 is 0 Å². The quantitative estimate of drug-likeness (QED) is 0.862. The molecule has 0 atom stereocenters. The fraction of sp³-hybridized carbons (Fsp3) is 0.600. The first kappa shape index (κ1) is 14.3. The first-order chi connectivity index (χ1) is 8.91. The number of thiocarbonyl (C=S) groups is 1. The van der Waals surface area contributed by atoms with Gasteiger partial charge in [-0.15, -0.1) is 0 Å². The van der Waals surface area contributed by atoms with Gasteiger partial charge in [-0.3, -0.25) is 4.98 Å². The van der Waals surface area contributed by atoms with Crippen molar-refractivity contribution in [3.63, 3.8) is 0 Å². The molecule has 1 aliphatic rings. The third kappa shape index (κ3) is 3.24. The van der Waals surface area contributed by atoms with Crippen LogP contribution in [0.5, 0.6) is 0 Å². The minimum Gasteiger partial charge on any atom is -0.388 e. The van der Waals surface area contributed by atoms with Gasteiger partial charge in [-0.2, -0.15) is 0 Å². The summed E-state index contributed by atoms with van der Waals surface area (Å²) in [7, 11) is 2.13. The first-order valence-corrected chi connectivity index (χ1v) is 7.29. The Morgan fingerprint density at radius 3 is 2.63 bits per heavy atom. The molecule has 0 radical (unpaired) electrons. The second kappa shape index (κ2) is 5.45. The highest BCUT2D eigenvalue weighted by molar-refractivity contribution is 7.80. The van der Waals surface area contributed by atoms with E-state index in [1.54, 1.807) is 6.20 Å². The molecule has 0 spiro atoms. The van der Waals surface area contributed by atoms with E-state index in [0.29, 0.717) is 16.4 Å². The van der Waals surface area contributed by atoms with E-state index < -0.39 is 0 Å². The van der Waals surface area contributed by atoms with Gasteiger partial charge in [0, 0.05) is 19.3 Å². The number of nitrogens with two attached hydrogens (primary N) is 1. The molecule has 0 unspecified atom stereocenters. The van der Waals surface area contributed by atoms with E-state index >= 15 is 0 Å². The maximum atomic E-state index is 5.77. The van der Waals surface area contributed by atoms with Crippen molar-refractivity contribution in [2.24, 2.45) is 11.1 Å². The second-order valence-corrected chi connectivity index (χ2v) is 6.68. The van der Waals surface area contributed by atoms with Crippen LogP contribution in [0.25, 0.3) is 0 Å². The van der Waals surface area contributed by atoms with Gasteiger partial charge in [-0.05, 0) is 43.2 Å². The molecule has 1 aromatic heterocycles. The van der Waals surface area contributed by atoms with Crippen molar-refractivity contribution in [2.75, 3.05) is 11.9 Å². The average molecular weight is 277 g/mol. The van der Waals surface area contributed by atoms with E-state index in [9.17, 15) is 0 Å². The van der Waals surface area contributed by atoms with Crippen molar-refractivity contribution < 1.29 is 0 Å². The highest BCUT2D eigenvalue weighted by Gasteiger charge is 2.29. The molecule has 1 fully saturated rings. The van der Waals surface area contributed by atoms with Crippen molar-refractivity contribution >= 4 is 22.9 Å². The normalized spacial score (nSPS) is 19.1. The highest BCUT2D eigenvalue weighted by Crippen LogP contribution is 2.37. The van der Waals surface area contributed by atoms with Crippen molar-refractivity contribution in [1.82, 2.24) is 4.98 Å². The molecule has 0 bridgehead atoms. The molecular weight excluding hydrogens is 254 g/mol. The Hall–Kier alpha value is -1.16. The molecule has 0 aromatic carbocycles. The van der Waals surface area contributed by atoms with Crippen molar-refractivity contribution in [2.45, 2.75) is 45.6 Å². The Bertz CT molecular complexity index is 460. The summed E-state index contributed by atoms with van der Waals surface area (Å²) in [6, 6.07) is 4.56. The Balaban J connectivity index is 2.17. The summed E-state index contributed by atoms with van der Waals surface area (Å²) in [5.74, 6) is 0. The number of rotatable bonds is 3. The zero-order valence-electron chi connectivity index (χ0n) is 12.0. The third-order valence-corrected chi connectivity index (χ3v) is 4.45. The molecule has 2 rings (SSSR count). The van der Waals surface area contributed by atoms with Gasteiger partial charge in [0.05, 0.1) is 5.69 Å². The lowest BCUT2D eigenvalue weighted by Crippen LogP contribution is -2.38. The fourth-order valence-corrected chi connectivity index (χ4v) is 3.00. The molecule has 0 aliphatic heterocycles. The van der Waals surface area contributed by atoms with Gasteiger partial charge in [0.25, 0.3) is 0 Å². The van der Waals surface area contributed by atoms with Crippen LogP contribution in [0, 0.1) is 5.41 Å². The van der Waals surface area contributed by atoms with Crippen LogP contribution in [0.1, 0.15) is 45.2 Å². The molecule has 3 nitrogen and oxygen atoms in total. The van der Waals surface area contributed by atoms with Crippen molar-refractivity contribution in [3.8, 4) is 0 Å². The van der Waals surface area contributed by atoms with E-state index in [1.165, 1.54) is 25.7 Å². The summed E-state index contributed by atoms with van der Waals surface area (Å²) in [5.41, 5.74) is 8.05. The molecule has 104 valence electrons. The van der Waals surface area contributed by atoms with Crippen LogP contribution >= 0.6 is 12.2 Å². The van der Waals surface area contributed by atoms with Crippen molar-refractivity contribution in [1.29, 1.82) is 0 Å². The van der Waals surface area contributed by atoms with Crippen LogP contribution in [0.2, 0.25) is 0 Å². The Morgan fingerprint density at radius 1 is 1.42 bits per heavy atom. The molecule has 1 heterocycles. The lowest BCUT2D eigenvalue weighted by atomic mass is 9.75. The summed E-state index contributed by atoms with van der Waals surface area (Å²) in [6.45, 7) is 4.71. The van der Waals surface area contributed by atoms with Gasteiger partial charge in [0.2, 0.25) is 0 Å².